The molecule has 2 heterocycles. The van der Waals surface area contributed by atoms with Gasteiger partial charge in [0.05, 0.1) is 40.1 Å². The smallest absolute Gasteiger partial charge is 0.257 e. The van der Waals surface area contributed by atoms with Crippen LogP contribution in [-0.4, -0.2) is 45.2 Å². The van der Waals surface area contributed by atoms with Gasteiger partial charge < -0.3 is 15.0 Å². The molecule has 29 heavy (non-hydrogen) atoms. The van der Waals surface area contributed by atoms with Crippen LogP contribution in [0.1, 0.15) is 32.9 Å². The second-order valence-electron chi connectivity index (χ2n) is 8.57. The highest BCUT2D eigenvalue weighted by Crippen LogP contribution is 2.29. The van der Waals surface area contributed by atoms with Crippen molar-refractivity contribution in [2.75, 3.05) is 6.61 Å². The van der Waals surface area contributed by atoms with E-state index in [2.05, 4.69) is 18.8 Å². The lowest BCUT2D eigenvalue weighted by Gasteiger charge is -2.28. The monoisotopic (exact) mass is 383 g/mol. The van der Waals surface area contributed by atoms with Crippen LogP contribution in [0.25, 0.3) is 21.7 Å². The molecule has 3 aromatic rings. The van der Waals surface area contributed by atoms with Gasteiger partial charge in [0, 0.05) is 17.1 Å². The number of pyridine rings is 2. The third-order valence-electron chi connectivity index (χ3n) is 4.88. The molecule has 0 amide bonds. The van der Waals surface area contributed by atoms with Crippen LogP contribution in [0.5, 0.6) is 5.75 Å². The van der Waals surface area contributed by atoms with Gasteiger partial charge in [-0.2, -0.15) is 0 Å². The van der Waals surface area contributed by atoms with E-state index in [1.54, 1.807) is 19.2 Å². The number of fused-ring (bicyclic) bond motifs is 3. The molecular formula is C21H24B3N3O2. The van der Waals surface area contributed by atoms with Crippen LogP contribution in [0.2, 0.25) is 0 Å². The molecular weight excluding hydrogens is 359 g/mol. The zero-order valence-corrected chi connectivity index (χ0v) is 17.4. The Morgan fingerprint density at radius 3 is 2.48 bits per heavy atom. The fourth-order valence-electron chi connectivity index (χ4n) is 3.91. The highest BCUT2D eigenvalue weighted by atomic mass is 16.5. The van der Waals surface area contributed by atoms with Crippen LogP contribution in [0, 0.1) is 12.8 Å². The molecule has 0 unspecified atom stereocenters. The van der Waals surface area contributed by atoms with Crippen LogP contribution in [0.4, 0.5) is 0 Å². The zero-order valence-electron chi connectivity index (χ0n) is 17.4. The summed E-state index contributed by atoms with van der Waals surface area (Å²) in [5, 5.41) is 0.0733. The minimum Gasteiger partial charge on any atom is -0.492 e. The standard InChI is InChI=1S/C21H24B3N3O2/c1-12(2)10-20(4,25)11-29-14-5-6-15-16-7-8-26-13(3)18(16)27(21(22,23)24)19(28)17(15)9-14/h5-9,12H,10-11,25H2,1-4H3/t20-/m0/s1. The number of benzene rings is 1. The third-order valence-corrected chi connectivity index (χ3v) is 4.88. The Morgan fingerprint density at radius 2 is 1.86 bits per heavy atom. The number of aromatic nitrogens is 2. The lowest BCUT2D eigenvalue weighted by atomic mass is 9.49. The number of hydrogen-bond donors (Lipinski definition) is 1. The summed E-state index contributed by atoms with van der Waals surface area (Å²) in [5.41, 5.74) is 6.58. The number of hydrogen-bond acceptors (Lipinski definition) is 4. The Labute approximate surface area is 175 Å². The van der Waals surface area contributed by atoms with E-state index in [1.807, 2.05) is 25.1 Å². The summed E-state index contributed by atoms with van der Waals surface area (Å²) in [5.74, 6) is 0.996. The summed E-state index contributed by atoms with van der Waals surface area (Å²) in [6.07, 6.45) is 2.49. The number of rotatable bonds is 6. The van der Waals surface area contributed by atoms with Crippen molar-refractivity contribution in [2.24, 2.45) is 11.7 Å². The van der Waals surface area contributed by atoms with Gasteiger partial charge in [0.25, 0.3) is 5.56 Å². The van der Waals surface area contributed by atoms with Crippen LogP contribution in [-0.2, 0) is 5.24 Å². The van der Waals surface area contributed by atoms with E-state index in [1.165, 1.54) is 4.57 Å². The average molecular weight is 383 g/mol. The fourth-order valence-corrected chi connectivity index (χ4v) is 3.91. The molecule has 8 heteroatoms. The molecule has 1 atom stereocenters. The summed E-state index contributed by atoms with van der Waals surface area (Å²) in [4.78, 5) is 17.5. The molecule has 144 valence electrons. The van der Waals surface area contributed by atoms with E-state index >= 15 is 0 Å². The lowest BCUT2D eigenvalue weighted by molar-refractivity contribution is 0.207. The first kappa shape index (κ1) is 21.5. The summed E-state index contributed by atoms with van der Waals surface area (Å²) in [6, 6.07) is 7.17. The molecule has 1 aromatic carbocycles. The molecule has 2 aromatic heterocycles. The van der Waals surface area contributed by atoms with Gasteiger partial charge in [0.2, 0.25) is 0 Å². The van der Waals surface area contributed by atoms with Gasteiger partial charge in [-0.25, -0.2) is 0 Å². The molecule has 0 saturated heterocycles. The summed E-state index contributed by atoms with van der Waals surface area (Å²) < 4.78 is 7.10. The van der Waals surface area contributed by atoms with Crippen molar-refractivity contribution in [1.29, 1.82) is 0 Å². The van der Waals surface area contributed by atoms with Gasteiger partial charge in [0.1, 0.15) is 12.4 Å². The van der Waals surface area contributed by atoms with Gasteiger partial charge in [-0.05, 0) is 55.8 Å². The van der Waals surface area contributed by atoms with Gasteiger partial charge in [-0.15, -0.1) is 0 Å². The number of aryl methyl sites for hydroxylation is 1. The Kier molecular flexibility index (Phi) is 5.61. The largest absolute Gasteiger partial charge is 0.492 e. The van der Waals surface area contributed by atoms with E-state index in [0.29, 0.717) is 34.9 Å². The van der Waals surface area contributed by atoms with E-state index in [-0.39, 0.29) is 0 Å². The average Bonchev–Trinajstić information content (AvgIpc) is 2.59. The van der Waals surface area contributed by atoms with Crippen molar-refractivity contribution in [1.82, 2.24) is 9.55 Å². The summed E-state index contributed by atoms with van der Waals surface area (Å²) in [7, 11) is 17.8. The predicted octanol–water partition coefficient (Wildman–Crippen LogP) is 2.07. The molecule has 0 aliphatic rings. The van der Waals surface area contributed by atoms with Crippen molar-refractivity contribution in [3.8, 4) is 5.75 Å². The van der Waals surface area contributed by atoms with Crippen molar-refractivity contribution in [2.45, 2.75) is 44.9 Å². The van der Waals surface area contributed by atoms with Crippen molar-refractivity contribution >= 4 is 45.2 Å². The van der Waals surface area contributed by atoms with E-state index in [0.717, 1.165) is 17.2 Å². The molecule has 0 bridgehead atoms. The molecule has 2 N–H and O–H groups in total. The quantitative estimate of drug-likeness (QED) is 0.523. The number of nitrogens with two attached hydrogens (primary N) is 1. The van der Waals surface area contributed by atoms with Gasteiger partial charge in [-0.3, -0.25) is 9.78 Å². The second kappa shape index (κ2) is 7.56. The molecule has 5 nitrogen and oxygen atoms in total. The van der Waals surface area contributed by atoms with Gasteiger partial charge in [-0.1, -0.05) is 19.1 Å². The molecule has 0 spiro atoms. The topological polar surface area (TPSA) is 70.1 Å². The van der Waals surface area contributed by atoms with E-state index in [4.69, 9.17) is 34.0 Å². The van der Waals surface area contributed by atoms with Crippen molar-refractivity contribution in [3.63, 3.8) is 0 Å². The minimum atomic E-state index is -1.87. The SMILES string of the molecule is [B]C([B])([B])n1c(=O)c2cc(OC[C@@](C)(N)CC(C)C)ccc2c2ccnc(C)c21. The number of nitrogens with zero attached hydrogens (tertiary/aromatic N) is 2. The maximum Gasteiger partial charge on any atom is 0.257 e. The minimum absolute atomic E-state index is 0.329. The van der Waals surface area contributed by atoms with Crippen molar-refractivity contribution < 1.29 is 4.74 Å². The van der Waals surface area contributed by atoms with E-state index < -0.39 is 16.3 Å². The van der Waals surface area contributed by atoms with Crippen LogP contribution in [0.3, 0.4) is 0 Å². The van der Waals surface area contributed by atoms with Gasteiger partial charge >= 0.3 is 0 Å². The lowest BCUT2D eigenvalue weighted by Crippen LogP contribution is -2.43. The third kappa shape index (κ3) is 4.37. The van der Waals surface area contributed by atoms with Crippen molar-refractivity contribution in [3.05, 3.63) is 46.5 Å². The zero-order chi connectivity index (χ0) is 21.6. The van der Waals surface area contributed by atoms with Crippen LogP contribution >= 0.6 is 0 Å². The first-order valence-corrected chi connectivity index (χ1v) is 9.63. The predicted molar refractivity (Wildman–Crippen MR) is 121 cm³/mol. The Balaban J connectivity index is 2.15. The molecule has 0 aliphatic heterocycles. The Hall–Kier alpha value is -2.21. The maximum absolute atomic E-state index is 13.3. The normalized spacial score (nSPS) is 14.4. The Bertz CT molecular complexity index is 1120. The highest BCUT2D eigenvalue weighted by molar-refractivity contribution is 6.57. The molecule has 6 radical (unpaired) electrons. The summed E-state index contributed by atoms with van der Waals surface area (Å²) >= 11 is 0. The second-order valence-corrected chi connectivity index (χ2v) is 8.57. The first-order chi connectivity index (χ1) is 13.4. The first-order valence-electron chi connectivity index (χ1n) is 9.63. The Morgan fingerprint density at radius 1 is 1.17 bits per heavy atom. The van der Waals surface area contributed by atoms with Gasteiger partial charge in [0.15, 0.2) is 0 Å². The maximum atomic E-state index is 13.3. The number of ether oxygens (including phenoxy) is 1. The summed E-state index contributed by atoms with van der Waals surface area (Å²) in [6.45, 7) is 8.30. The van der Waals surface area contributed by atoms with Crippen LogP contribution in [0.15, 0.2) is 35.3 Å². The van der Waals surface area contributed by atoms with Crippen LogP contribution < -0.4 is 16.0 Å². The molecule has 0 aliphatic carbocycles. The highest BCUT2D eigenvalue weighted by Gasteiger charge is 2.23. The molecule has 0 saturated carbocycles. The molecule has 0 fully saturated rings. The molecule has 3 rings (SSSR count). The van der Waals surface area contributed by atoms with E-state index in [9.17, 15) is 4.79 Å². The fraction of sp³-hybridized carbons (Fsp3) is 0.429.